The molecule has 0 saturated heterocycles. The Labute approximate surface area is 108 Å². The quantitative estimate of drug-likeness (QED) is 0.596. The van der Waals surface area contributed by atoms with Gasteiger partial charge in [0.1, 0.15) is 5.82 Å². The molecule has 1 aromatic carbocycles. The minimum absolute atomic E-state index is 0.793. The number of halogens is 1. The maximum atomic E-state index is 5.69. The Balaban J connectivity index is 1.90. The van der Waals surface area contributed by atoms with Gasteiger partial charge in [0, 0.05) is 40.3 Å². The summed E-state index contributed by atoms with van der Waals surface area (Å²) >= 11 is 2.27. The number of nitrogens with one attached hydrogen (secondary N) is 2. The van der Waals surface area contributed by atoms with E-state index in [4.69, 9.17) is 5.73 Å². The first-order valence-electron chi connectivity index (χ1n) is 5.03. The summed E-state index contributed by atoms with van der Waals surface area (Å²) in [4.78, 5) is 7.24. The van der Waals surface area contributed by atoms with E-state index < -0.39 is 0 Å². The van der Waals surface area contributed by atoms with Gasteiger partial charge in [-0.2, -0.15) is 0 Å². The molecule has 0 aliphatic heterocycles. The van der Waals surface area contributed by atoms with Gasteiger partial charge in [-0.15, -0.1) is 0 Å². The van der Waals surface area contributed by atoms with Gasteiger partial charge in [-0.05, 0) is 40.8 Å². The number of aromatic nitrogens is 2. The van der Waals surface area contributed by atoms with Crippen LogP contribution in [0, 0.1) is 3.57 Å². The summed E-state index contributed by atoms with van der Waals surface area (Å²) in [7, 11) is 0. The smallest absolute Gasteiger partial charge is 0.107 e. The molecule has 84 valence electrons. The maximum absolute atomic E-state index is 5.69. The number of hydrogen-bond acceptors (Lipinski definition) is 3. The van der Waals surface area contributed by atoms with Crippen molar-refractivity contribution in [2.75, 3.05) is 17.6 Å². The van der Waals surface area contributed by atoms with E-state index in [0.29, 0.717) is 0 Å². The number of anilines is 2. The summed E-state index contributed by atoms with van der Waals surface area (Å²) in [5.74, 6) is 0.998. The Hall–Kier alpha value is -1.24. The Morgan fingerprint density at radius 1 is 1.44 bits per heavy atom. The molecule has 0 spiro atoms. The second kappa shape index (κ2) is 5.20. The summed E-state index contributed by atoms with van der Waals surface area (Å²) < 4.78 is 1.14. The number of imidazole rings is 1. The molecule has 0 saturated carbocycles. The van der Waals surface area contributed by atoms with Crippen LogP contribution in [-0.2, 0) is 6.42 Å². The number of nitrogen functional groups attached to an aromatic ring is 1. The fourth-order valence-corrected chi connectivity index (χ4v) is 2.16. The zero-order chi connectivity index (χ0) is 11.4. The van der Waals surface area contributed by atoms with E-state index in [2.05, 4.69) is 37.9 Å². The third kappa shape index (κ3) is 2.88. The Bertz CT molecular complexity index is 453. The van der Waals surface area contributed by atoms with Gasteiger partial charge in [-0.1, -0.05) is 0 Å². The van der Waals surface area contributed by atoms with E-state index in [1.807, 2.05) is 24.4 Å². The fraction of sp³-hybridized carbons (Fsp3) is 0.182. The molecule has 0 amide bonds. The zero-order valence-electron chi connectivity index (χ0n) is 8.70. The second-order valence-corrected chi connectivity index (χ2v) is 4.61. The molecule has 0 radical (unpaired) electrons. The van der Waals surface area contributed by atoms with Gasteiger partial charge in [0.05, 0.1) is 0 Å². The number of nitrogens with zero attached hydrogens (tertiary/aromatic N) is 1. The molecule has 1 aromatic heterocycles. The van der Waals surface area contributed by atoms with Crippen LogP contribution >= 0.6 is 22.6 Å². The third-order valence-corrected chi connectivity index (χ3v) is 3.12. The number of benzene rings is 1. The number of rotatable bonds is 4. The normalized spacial score (nSPS) is 10.3. The number of nitrogens with two attached hydrogens (primary N) is 1. The van der Waals surface area contributed by atoms with E-state index in [1.165, 1.54) is 0 Å². The molecule has 0 bridgehead atoms. The van der Waals surface area contributed by atoms with Gasteiger partial charge in [0.25, 0.3) is 0 Å². The molecule has 2 rings (SSSR count). The first-order valence-corrected chi connectivity index (χ1v) is 6.11. The molecular weight excluding hydrogens is 315 g/mol. The Kier molecular flexibility index (Phi) is 3.66. The molecule has 0 aliphatic carbocycles. The lowest BCUT2D eigenvalue weighted by Gasteiger charge is -2.08. The topological polar surface area (TPSA) is 66.7 Å². The summed E-state index contributed by atoms with van der Waals surface area (Å²) in [6.07, 6.45) is 4.48. The second-order valence-electron chi connectivity index (χ2n) is 3.45. The minimum atomic E-state index is 0.793. The lowest BCUT2D eigenvalue weighted by atomic mass is 10.3. The number of hydrogen-bond donors (Lipinski definition) is 3. The molecule has 0 atom stereocenters. The van der Waals surface area contributed by atoms with Crippen molar-refractivity contribution in [1.29, 1.82) is 0 Å². The van der Waals surface area contributed by atoms with Gasteiger partial charge >= 0.3 is 0 Å². The van der Waals surface area contributed by atoms with E-state index in [9.17, 15) is 0 Å². The summed E-state index contributed by atoms with van der Waals surface area (Å²) in [5.41, 5.74) is 7.59. The van der Waals surface area contributed by atoms with E-state index in [-0.39, 0.29) is 0 Å². The average molecular weight is 328 g/mol. The van der Waals surface area contributed by atoms with Gasteiger partial charge in [0.15, 0.2) is 0 Å². The highest BCUT2D eigenvalue weighted by atomic mass is 127. The monoisotopic (exact) mass is 328 g/mol. The van der Waals surface area contributed by atoms with Gasteiger partial charge in [0.2, 0.25) is 0 Å². The van der Waals surface area contributed by atoms with Crippen LogP contribution in [0.1, 0.15) is 5.82 Å². The molecular formula is C11H13IN4. The standard InChI is InChI=1S/C11H13IN4/c12-9-7-8(13)1-2-10(9)14-4-3-11-15-5-6-16-11/h1-2,5-7,14H,3-4,13H2,(H,15,16). The Morgan fingerprint density at radius 2 is 2.31 bits per heavy atom. The van der Waals surface area contributed by atoms with Gasteiger partial charge in [-0.25, -0.2) is 4.98 Å². The van der Waals surface area contributed by atoms with Crippen molar-refractivity contribution in [3.63, 3.8) is 0 Å². The SMILES string of the molecule is Nc1ccc(NCCc2ncc[nH]2)c(I)c1. The molecule has 0 fully saturated rings. The molecule has 5 heteroatoms. The lowest BCUT2D eigenvalue weighted by molar-refractivity contribution is 0.927. The highest BCUT2D eigenvalue weighted by molar-refractivity contribution is 14.1. The van der Waals surface area contributed by atoms with Crippen LogP contribution in [0.2, 0.25) is 0 Å². The molecule has 4 nitrogen and oxygen atoms in total. The Morgan fingerprint density at radius 3 is 3.00 bits per heavy atom. The highest BCUT2D eigenvalue weighted by Crippen LogP contribution is 2.20. The van der Waals surface area contributed by atoms with Crippen molar-refractivity contribution in [3.8, 4) is 0 Å². The van der Waals surface area contributed by atoms with E-state index in [0.717, 1.165) is 33.7 Å². The number of aromatic amines is 1. The molecule has 4 N–H and O–H groups in total. The summed E-state index contributed by atoms with van der Waals surface area (Å²) in [6.45, 7) is 0.855. The first kappa shape index (κ1) is 11.3. The molecule has 2 aromatic rings. The van der Waals surface area contributed by atoms with Gasteiger partial charge in [-0.3, -0.25) is 0 Å². The van der Waals surface area contributed by atoms with Crippen molar-refractivity contribution in [3.05, 3.63) is 40.0 Å². The predicted octanol–water partition coefficient (Wildman–Crippen LogP) is 2.25. The summed E-state index contributed by atoms with van der Waals surface area (Å²) in [5, 5.41) is 3.36. The van der Waals surface area contributed by atoms with Gasteiger partial charge < -0.3 is 16.0 Å². The largest absolute Gasteiger partial charge is 0.399 e. The highest BCUT2D eigenvalue weighted by Gasteiger charge is 2.00. The molecule has 0 aliphatic rings. The zero-order valence-corrected chi connectivity index (χ0v) is 10.9. The van der Waals surface area contributed by atoms with Crippen LogP contribution < -0.4 is 11.1 Å². The van der Waals surface area contributed by atoms with Crippen LogP contribution in [0.5, 0.6) is 0 Å². The third-order valence-electron chi connectivity index (χ3n) is 2.23. The van der Waals surface area contributed by atoms with Crippen molar-refractivity contribution in [2.45, 2.75) is 6.42 Å². The van der Waals surface area contributed by atoms with Crippen molar-refractivity contribution in [2.24, 2.45) is 0 Å². The van der Waals surface area contributed by atoms with E-state index in [1.54, 1.807) is 6.20 Å². The molecule has 0 unspecified atom stereocenters. The number of H-pyrrole nitrogens is 1. The van der Waals surface area contributed by atoms with Crippen molar-refractivity contribution < 1.29 is 0 Å². The predicted molar refractivity (Wildman–Crippen MR) is 74.4 cm³/mol. The van der Waals surface area contributed by atoms with Crippen molar-refractivity contribution >= 4 is 34.0 Å². The van der Waals surface area contributed by atoms with Crippen LogP contribution in [0.4, 0.5) is 11.4 Å². The molecule has 16 heavy (non-hydrogen) atoms. The van der Waals surface area contributed by atoms with Crippen LogP contribution in [0.15, 0.2) is 30.6 Å². The van der Waals surface area contributed by atoms with Crippen LogP contribution in [-0.4, -0.2) is 16.5 Å². The fourth-order valence-electron chi connectivity index (χ4n) is 1.42. The van der Waals surface area contributed by atoms with Crippen molar-refractivity contribution in [1.82, 2.24) is 9.97 Å². The average Bonchev–Trinajstić information content (AvgIpc) is 2.74. The minimum Gasteiger partial charge on any atom is -0.399 e. The molecule has 1 heterocycles. The van der Waals surface area contributed by atoms with Crippen LogP contribution in [0.3, 0.4) is 0 Å². The maximum Gasteiger partial charge on any atom is 0.107 e. The summed E-state index contributed by atoms with van der Waals surface area (Å²) in [6, 6.07) is 5.85. The van der Waals surface area contributed by atoms with E-state index >= 15 is 0 Å². The lowest BCUT2D eigenvalue weighted by Crippen LogP contribution is -2.07. The first-order chi connectivity index (χ1) is 7.75. The van der Waals surface area contributed by atoms with Crippen LogP contribution in [0.25, 0.3) is 0 Å².